The number of ether oxygens (including phenoxy) is 1. The van der Waals surface area contributed by atoms with Crippen molar-refractivity contribution >= 4 is 28.4 Å². The van der Waals surface area contributed by atoms with E-state index in [1.807, 2.05) is 36.4 Å². The molecule has 1 amide bonds. The van der Waals surface area contributed by atoms with E-state index in [1.54, 1.807) is 31.8 Å². The molecule has 8 nitrogen and oxygen atoms in total. The molecule has 1 fully saturated rings. The Morgan fingerprint density at radius 1 is 0.953 bits per heavy atom. The maximum atomic E-state index is 15.5. The van der Waals surface area contributed by atoms with Crippen molar-refractivity contribution in [2.45, 2.75) is 39.3 Å². The third-order valence-electron chi connectivity index (χ3n) is 8.06. The zero-order chi connectivity index (χ0) is 29.9. The predicted octanol–water partition coefficient (Wildman–Crippen LogP) is 6.24. The van der Waals surface area contributed by atoms with Crippen LogP contribution in [0.15, 0.2) is 73.2 Å². The predicted molar refractivity (Wildman–Crippen MR) is 167 cm³/mol. The monoisotopic (exact) mass is 576 g/mol. The molecule has 218 valence electrons. The summed E-state index contributed by atoms with van der Waals surface area (Å²) in [7, 11) is 1.56. The van der Waals surface area contributed by atoms with Gasteiger partial charge in [0.15, 0.2) is 5.82 Å². The van der Waals surface area contributed by atoms with Gasteiger partial charge in [-0.2, -0.15) is 0 Å². The standard InChI is InChI=1S/C34H33FN6O2/c1-20-24(22-16-28(35)27(31(17-22)43-3)19-36-18-23-10-11-32(42)40-23)6-4-7-25(20)26-8-5-9-29(21(26)2)41-34-33-30(12-13-39-34)37-14-15-38-33/h4-9,12-17,23,36H,10-11,18-19H2,1-3H3,(H,39,41)(H,40,42)/t23-/m1/s1. The van der Waals surface area contributed by atoms with Crippen LogP contribution in [0, 0.1) is 19.7 Å². The van der Waals surface area contributed by atoms with Crippen LogP contribution in [0.5, 0.6) is 5.75 Å². The van der Waals surface area contributed by atoms with Crippen molar-refractivity contribution in [3.63, 3.8) is 0 Å². The van der Waals surface area contributed by atoms with Gasteiger partial charge in [0.25, 0.3) is 0 Å². The molecule has 1 atom stereocenters. The van der Waals surface area contributed by atoms with Gasteiger partial charge in [-0.05, 0) is 77.9 Å². The van der Waals surface area contributed by atoms with Crippen molar-refractivity contribution in [2.24, 2.45) is 0 Å². The Balaban J connectivity index is 1.29. The fraction of sp³-hybridized carbons (Fsp3) is 0.235. The van der Waals surface area contributed by atoms with E-state index in [0.29, 0.717) is 42.2 Å². The summed E-state index contributed by atoms with van der Waals surface area (Å²) in [6, 6.07) is 17.6. The summed E-state index contributed by atoms with van der Waals surface area (Å²) in [4.78, 5) is 24.8. The summed E-state index contributed by atoms with van der Waals surface area (Å²) in [5.41, 5.74) is 8.70. The van der Waals surface area contributed by atoms with Crippen LogP contribution < -0.4 is 20.7 Å². The third kappa shape index (κ3) is 5.76. The van der Waals surface area contributed by atoms with E-state index in [1.165, 1.54) is 0 Å². The summed E-state index contributed by atoms with van der Waals surface area (Å²) >= 11 is 0. The van der Waals surface area contributed by atoms with Gasteiger partial charge < -0.3 is 20.7 Å². The minimum absolute atomic E-state index is 0.0624. The van der Waals surface area contributed by atoms with Crippen molar-refractivity contribution in [2.75, 3.05) is 19.0 Å². The van der Waals surface area contributed by atoms with E-state index in [2.05, 4.69) is 56.9 Å². The summed E-state index contributed by atoms with van der Waals surface area (Å²) in [5.74, 6) is 0.847. The molecule has 0 spiro atoms. The first-order valence-electron chi connectivity index (χ1n) is 14.3. The molecular formula is C34H33FN6O2. The van der Waals surface area contributed by atoms with Crippen LogP contribution in [-0.2, 0) is 11.3 Å². The van der Waals surface area contributed by atoms with Gasteiger partial charge in [-0.15, -0.1) is 0 Å². The molecule has 0 bridgehead atoms. The average molecular weight is 577 g/mol. The summed E-state index contributed by atoms with van der Waals surface area (Å²) in [6.45, 7) is 5.01. The average Bonchev–Trinajstić information content (AvgIpc) is 3.44. The number of benzene rings is 3. The van der Waals surface area contributed by atoms with Crippen molar-refractivity contribution in [3.8, 4) is 28.0 Å². The number of fused-ring (bicyclic) bond motifs is 1. The van der Waals surface area contributed by atoms with Crippen molar-refractivity contribution < 1.29 is 13.9 Å². The first-order valence-corrected chi connectivity index (χ1v) is 14.3. The lowest BCUT2D eigenvalue weighted by molar-refractivity contribution is -0.119. The Hall–Kier alpha value is -4.89. The maximum absolute atomic E-state index is 15.5. The first-order chi connectivity index (χ1) is 20.9. The molecule has 2 aromatic heterocycles. The number of aromatic nitrogens is 3. The Labute approximate surface area is 249 Å². The molecule has 6 rings (SSSR count). The second kappa shape index (κ2) is 12.1. The van der Waals surface area contributed by atoms with Crippen molar-refractivity contribution in [1.29, 1.82) is 0 Å². The Morgan fingerprint density at radius 3 is 2.51 bits per heavy atom. The molecule has 0 saturated carbocycles. The van der Waals surface area contributed by atoms with E-state index in [9.17, 15) is 4.79 Å². The number of carbonyl (C=O) groups excluding carboxylic acids is 1. The zero-order valence-electron chi connectivity index (χ0n) is 24.4. The molecule has 43 heavy (non-hydrogen) atoms. The van der Waals surface area contributed by atoms with Crippen LogP contribution in [0.25, 0.3) is 33.3 Å². The number of amides is 1. The summed E-state index contributed by atoms with van der Waals surface area (Å²) in [5, 5.41) is 9.64. The van der Waals surface area contributed by atoms with E-state index >= 15 is 4.39 Å². The second-order valence-corrected chi connectivity index (χ2v) is 10.7. The number of nitrogens with one attached hydrogen (secondary N) is 3. The van der Waals surface area contributed by atoms with Gasteiger partial charge in [-0.25, -0.2) is 14.4 Å². The van der Waals surface area contributed by atoms with Gasteiger partial charge >= 0.3 is 0 Å². The minimum atomic E-state index is -0.338. The van der Waals surface area contributed by atoms with Gasteiger partial charge in [0, 0.05) is 55.4 Å². The number of anilines is 2. The third-order valence-corrected chi connectivity index (χ3v) is 8.06. The number of methoxy groups -OCH3 is 1. The van der Waals surface area contributed by atoms with Gasteiger partial charge in [0.1, 0.15) is 17.1 Å². The molecular weight excluding hydrogens is 543 g/mol. The first kappa shape index (κ1) is 28.2. The molecule has 9 heteroatoms. The molecule has 5 aromatic rings. The van der Waals surface area contributed by atoms with Crippen LogP contribution >= 0.6 is 0 Å². The fourth-order valence-electron chi connectivity index (χ4n) is 5.74. The molecule has 0 unspecified atom stereocenters. The van der Waals surface area contributed by atoms with Crippen molar-refractivity contribution in [1.82, 2.24) is 25.6 Å². The van der Waals surface area contributed by atoms with Gasteiger partial charge in [0.2, 0.25) is 5.91 Å². The van der Waals surface area contributed by atoms with Crippen LogP contribution in [0.4, 0.5) is 15.9 Å². The molecule has 0 radical (unpaired) electrons. The molecule has 0 aliphatic carbocycles. The topological polar surface area (TPSA) is 101 Å². The highest BCUT2D eigenvalue weighted by atomic mass is 19.1. The van der Waals surface area contributed by atoms with Gasteiger partial charge in [0.05, 0.1) is 12.6 Å². The molecule has 1 aliphatic heterocycles. The normalized spacial score (nSPS) is 14.6. The number of halogens is 1. The van der Waals surface area contributed by atoms with Crippen LogP contribution in [0.3, 0.4) is 0 Å². The van der Waals surface area contributed by atoms with E-state index in [4.69, 9.17) is 4.74 Å². The largest absolute Gasteiger partial charge is 0.496 e. The Kier molecular flexibility index (Phi) is 7.98. The van der Waals surface area contributed by atoms with E-state index in [0.717, 1.165) is 51.0 Å². The number of carbonyl (C=O) groups is 1. The van der Waals surface area contributed by atoms with E-state index < -0.39 is 0 Å². The molecule has 1 saturated heterocycles. The van der Waals surface area contributed by atoms with Crippen LogP contribution in [0.1, 0.15) is 29.5 Å². The summed E-state index contributed by atoms with van der Waals surface area (Å²) < 4.78 is 21.2. The zero-order valence-corrected chi connectivity index (χ0v) is 24.4. The number of rotatable bonds is 9. The SMILES string of the molecule is COc1cc(-c2cccc(-c3cccc(Nc4nccc5nccnc45)c3C)c2C)cc(F)c1CNC[C@H]1CCC(=O)N1. The quantitative estimate of drug-likeness (QED) is 0.191. The lowest BCUT2D eigenvalue weighted by Crippen LogP contribution is -2.35. The Morgan fingerprint density at radius 2 is 1.72 bits per heavy atom. The smallest absolute Gasteiger partial charge is 0.220 e. The highest BCUT2D eigenvalue weighted by molar-refractivity contribution is 5.89. The van der Waals surface area contributed by atoms with Gasteiger partial charge in [-0.3, -0.25) is 9.78 Å². The molecule has 3 N–H and O–H groups in total. The van der Waals surface area contributed by atoms with Crippen molar-refractivity contribution in [3.05, 3.63) is 95.7 Å². The highest BCUT2D eigenvalue weighted by Crippen LogP contribution is 2.38. The molecule has 1 aliphatic rings. The van der Waals surface area contributed by atoms with Crippen LogP contribution in [0.2, 0.25) is 0 Å². The number of pyridine rings is 1. The molecule has 3 heterocycles. The van der Waals surface area contributed by atoms with Crippen LogP contribution in [-0.4, -0.2) is 40.6 Å². The second-order valence-electron chi connectivity index (χ2n) is 10.7. The molecule has 3 aromatic carbocycles. The Bertz CT molecular complexity index is 1820. The number of hydrogen-bond donors (Lipinski definition) is 3. The lowest BCUT2D eigenvalue weighted by atomic mass is 9.90. The maximum Gasteiger partial charge on any atom is 0.220 e. The number of nitrogens with zero attached hydrogens (tertiary/aromatic N) is 3. The van der Waals surface area contributed by atoms with Gasteiger partial charge in [-0.1, -0.05) is 30.3 Å². The number of hydrogen-bond acceptors (Lipinski definition) is 7. The fourth-order valence-corrected chi connectivity index (χ4v) is 5.74. The highest BCUT2D eigenvalue weighted by Gasteiger charge is 2.21. The summed E-state index contributed by atoms with van der Waals surface area (Å²) in [6.07, 6.45) is 6.36. The lowest BCUT2D eigenvalue weighted by Gasteiger charge is -2.18. The van der Waals surface area contributed by atoms with E-state index in [-0.39, 0.29) is 17.8 Å². The minimum Gasteiger partial charge on any atom is -0.496 e.